The number of methoxy groups -OCH3 is 1. The van der Waals surface area contributed by atoms with Gasteiger partial charge in [-0.2, -0.15) is 0 Å². The van der Waals surface area contributed by atoms with Gasteiger partial charge < -0.3 is 15.0 Å². The average Bonchev–Trinajstić information content (AvgIpc) is 2.94. The van der Waals surface area contributed by atoms with E-state index in [9.17, 15) is 22.4 Å². The summed E-state index contributed by atoms with van der Waals surface area (Å²) in [6.45, 7) is 5.05. The zero-order chi connectivity index (χ0) is 30.3. The molecule has 0 saturated carbocycles. The van der Waals surface area contributed by atoms with Gasteiger partial charge in [0, 0.05) is 23.1 Å². The first-order valence-electron chi connectivity index (χ1n) is 12.8. The molecule has 3 aromatic rings. The van der Waals surface area contributed by atoms with E-state index in [4.69, 9.17) is 27.9 Å². The fraction of sp³-hybridized carbons (Fsp3) is 0.310. The summed E-state index contributed by atoms with van der Waals surface area (Å²) in [4.78, 5) is 28.1. The number of nitrogens with one attached hydrogen (secondary N) is 1. The molecule has 0 aromatic heterocycles. The lowest BCUT2D eigenvalue weighted by Gasteiger charge is -2.32. The van der Waals surface area contributed by atoms with Crippen molar-refractivity contribution < 1.29 is 27.1 Å². The van der Waals surface area contributed by atoms with Crippen LogP contribution in [0.4, 0.5) is 10.1 Å². The van der Waals surface area contributed by atoms with Crippen molar-refractivity contribution in [1.29, 1.82) is 0 Å². The second-order valence-electron chi connectivity index (χ2n) is 9.74. The molecule has 0 heterocycles. The standard InChI is InChI=1S/C29H32Cl2FN3O5S/c1-19(2)16-33-29(37)20(3)34(17-21-5-6-22(30)15-27(21)31)28(36)18-35(24-9-7-23(32)8-10-24)41(38,39)26-13-11-25(40-4)12-14-26/h5-15,19-20H,16-18H2,1-4H3,(H,33,37)/t20-/m0/s1. The van der Waals surface area contributed by atoms with Crippen molar-refractivity contribution in [2.24, 2.45) is 5.92 Å². The van der Waals surface area contributed by atoms with Gasteiger partial charge in [-0.15, -0.1) is 0 Å². The highest BCUT2D eigenvalue weighted by Gasteiger charge is 2.33. The van der Waals surface area contributed by atoms with Gasteiger partial charge >= 0.3 is 0 Å². The van der Waals surface area contributed by atoms with E-state index >= 15 is 0 Å². The van der Waals surface area contributed by atoms with Gasteiger partial charge in [-0.05, 0) is 79.1 Å². The summed E-state index contributed by atoms with van der Waals surface area (Å²) in [5, 5.41) is 3.49. The summed E-state index contributed by atoms with van der Waals surface area (Å²) in [6, 6.07) is 14.2. The first kappa shape index (κ1) is 32.2. The molecule has 0 aliphatic heterocycles. The third-order valence-corrected chi connectivity index (χ3v) is 8.62. The Morgan fingerprint density at radius 2 is 1.61 bits per heavy atom. The van der Waals surface area contributed by atoms with Crippen molar-refractivity contribution in [1.82, 2.24) is 10.2 Å². The number of sulfonamides is 1. The molecule has 3 aromatic carbocycles. The lowest BCUT2D eigenvalue weighted by atomic mass is 10.1. The number of hydrogen-bond acceptors (Lipinski definition) is 5. The molecule has 0 unspecified atom stereocenters. The normalized spacial score (nSPS) is 12.1. The molecule has 0 saturated heterocycles. The van der Waals surface area contributed by atoms with E-state index in [0.717, 1.165) is 16.4 Å². The lowest BCUT2D eigenvalue weighted by Crippen LogP contribution is -2.51. The number of amides is 2. The van der Waals surface area contributed by atoms with E-state index in [1.165, 1.54) is 54.5 Å². The number of carbonyl (C=O) groups is 2. The van der Waals surface area contributed by atoms with E-state index in [1.807, 2.05) is 13.8 Å². The highest BCUT2D eigenvalue weighted by atomic mass is 35.5. The number of rotatable bonds is 12. The Hall–Kier alpha value is -3.34. The highest BCUT2D eigenvalue weighted by Crippen LogP contribution is 2.27. The fourth-order valence-corrected chi connectivity index (χ4v) is 5.76. The summed E-state index contributed by atoms with van der Waals surface area (Å²) in [5.74, 6) is -1.05. The van der Waals surface area contributed by atoms with Crippen molar-refractivity contribution in [3.05, 3.63) is 88.2 Å². The fourth-order valence-electron chi connectivity index (χ4n) is 3.88. The van der Waals surface area contributed by atoms with Crippen LogP contribution in [0.5, 0.6) is 5.75 Å². The molecule has 41 heavy (non-hydrogen) atoms. The molecule has 0 radical (unpaired) electrons. The first-order valence-corrected chi connectivity index (χ1v) is 15.0. The van der Waals surface area contributed by atoms with Crippen LogP contribution in [0.1, 0.15) is 26.3 Å². The smallest absolute Gasteiger partial charge is 0.264 e. The van der Waals surface area contributed by atoms with Crippen LogP contribution in [0, 0.1) is 11.7 Å². The van der Waals surface area contributed by atoms with Gasteiger partial charge in [0.1, 0.15) is 24.2 Å². The quantitative estimate of drug-likeness (QED) is 0.286. The molecule has 0 aliphatic rings. The Balaban J connectivity index is 2.03. The molecule has 0 fully saturated rings. The third kappa shape index (κ3) is 8.34. The number of anilines is 1. The molecule has 0 aliphatic carbocycles. The third-order valence-electron chi connectivity index (χ3n) is 6.25. The van der Waals surface area contributed by atoms with Crippen molar-refractivity contribution >= 4 is 50.7 Å². The molecule has 0 bridgehead atoms. The summed E-state index contributed by atoms with van der Waals surface area (Å²) in [5.41, 5.74) is 0.580. The topological polar surface area (TPSA) is 96.0 Å². The predicted molar refractivity (Wildman–Crippen MR) is 158 cm³/mol. The monoisotopic (exact) mass is 623 g/mol. The van der Waals surface area contributed by atoms with Gasteiger partial charge in [-0.3, -0.25) is 13.9 Å². The number of halogens is 3. The van der Waals surface area contributed by atoms with Crippen LogP contribution in [0.2, 0.25) is 10.0 Å². The molecule has 1 atom stereocenters. The maximum absolute atomic E-state index is 13.9. The van der Waals surface area contributed by atoms with Crippen LogP contribution in [0.25, 0.3) is 0 Å². The van der Waals surface area contributed by atoms with E-state index in [1.54, 1.807) is 19.1 Å². The zero-order valence-electron chi connectivity index (χ0n) is 23.1. The van der Waals surface area contributed by atoms with Gasteiger partial charge in [-0.1, -0.05) is 43.1 Å². The molecule has 3 rings (SSSR count). The molecular weight excluding hydrogens is 592 g/mol. The lowest BCUT2D eigenvalue weighted by molar-refractivity contribution is -0.139. The second kappa shape index (κ2) is 14.0. The minimum Gasteiger partial charge on any atom is -0.497 e. The Labute approximate surface area is 250 Å². The van der Waals surface area contributed by atoms with Crippen LogP contribution in [-0.2, 0) is 26.2 Å². The largest absolute Gasteiger partial charge is 0.497 e. The van der Waals surface area contributed by atoms with Crippen LogP contribution in [0.3, 0.4) is 0 Å². The summed E-state index contributed by atoms with van der Waals surface area (Å²) >= 11 is 12.4. The van der Waals surface area contributed by atoms with Crippen molar-refractivity contribution in [3.8, 4) is 5.75 Å². The SMILES string of the molecule is COc1ccc(S(=O)(=O)N(CC(=O)N(Cc2ccc(Cl)cc2Cl)[C@@H](C)C(=O)NCC(C)C)c2ccc(F)cc2)cc1. The Morgan fingerprint density at radius 1 is 0.976 bits per heavy atom. The number of ether oxygens (including phenoxy) is 1. The molecular formula is C29H32Cl2FN3O5S. The Bertz CT molecular complexity index is 1470. The van der Waals surface area contributed by atoms with E-state index < -0.39 is 40.2 Å². The summed E-state index contributed by atoms with van der Waals surface area (Å²) < 4.78 is 47.4. The first-order chi connectivity index (χ1) is 19.3. The zero-order valence-corrected chi connectivity index (χ0v) is 25.4. The van der Waals surface area contributed by atoms with E-state index in [0.29, 0.717) is 22.9 Å². The van der Waals surface area contributed by atoms with Crippen molar-refractivity contribution in [2.75, 3.05) is 24.5 Å². The highest BCUT2D eigenvalue weighted by molar-refractivity contribution is 7.92. The van der Waals surface area contributed by atoms with E-state index in [2.05, 4.69) is 5.32 Å². The Morgan fingerprint density at radius 3 is 2.17 bits per heavy atom. The summed E-state index contributed by atoms with van der Waals surface area (Å²) in [7, 11) is -2.86. The minimum atomic E-state index is -4.31. The van der Waals surface area contributed by atoms with Crippen LogP contribution in [-0.4, -0.2) is 51.4 Å². The average molecular weight is 625 g/mol. The summed E-state index contributed by atoms with van der Waals surface area (Å²) in [6.07, 6.45) is 0. The maximum Gasteiger partial charge on any atom is 0.264 e. The van der Waals surface area contributed by atoms with E-state index in [-0.39, 0.29) is 28.1 Å². The number of benzene rings is 3. The molecule has 0 spiro atoms. The van der Waals surface area contributed by atoms with Gasteiger partial charge in [0.2, 0.25) is 11.8 Å². The number of hydrogen-bond donors (Lipinski definition) is 1. The molecule has 1 N–H and O–H groups in total. The predicted octanol–water partition coefficient (Wildman–Crippen LogP) is 5.53. The number of nitrogens with zero attached hydrogens (tertiary/aromatic N) is 2. The van der Waals surface area contributed by atoms with Crippen LogP contribution < -0.4 is 14.4 Å². The molecule has 8 nitrogen and oxygen atoms in total. The van der Waals surface area contributed by atoms with Crippen molar-refractivity contribution in [2.45, 2.75) is 38.3 Å². The van der Waals surface area contributed by atoms with Gasteiger partial charge in [0.15, 0.2) is 0 Å². The van der Waals surface area contributed by atoms with Crippen LogP contribution >= 0.6 is 23.2 Å². The van der Waals surface area contributed by atoms with Gasteiger partial charge in [0.05, 0.1) is 17.7 Å². The van der Waals surface area contributed by atoms with Gasteiger partial charge in [0.25, 0.3) is 10.0 Å². The number of carbonyl (C=O) groups excluding carboxylic acids is 2. The van der Waals surface area contributed by atoms with Gasteiger partial charge in [-0.25, -0.2) is 12.8 Å². The van der Waals surface area contributed by atoms with Crippen molar-refractivity contribution in [3.63, 3.8) is 0 Å². The Kier molecular flexibility index (Phi) is 11.0. The van der Waals surface area contributed by atoms with Crippen LogP contribution in [0.15, 0.2) is 71.6 Å². The molecule has 220 valence electrons. The molecule has 2 amide bonds. The minimum absolute atomic E-state index is 0.0666. The maximum atomic E-state index is 13.9. The molecule has 12 heteroatoms. The second-order valence-corrected chi connectivity index (χ2v) is 12.4.